The first-order chi connectivity index (χ1) is 13.0. The topological polar surface area (TPSA) is 114 Å². The number of carboxylic acids is 1. The summed E-state index contributed by atoms with van der Waals surface area (Å²) in [6.45, 7) is 1.39. The van der Waals surface area contributed by atoms with Crippen LogP contribution in [-0.4, -0.2) is 54.4 Å². The standard InChI is InChI=1S/C19H24N2O6/c22-16(23)12-19(6-9-26-10-7-19)21-17(24)13-3-1-4-14(11-13)20-18(25)15-5-2-8-27-15/h1,3-4,11,15H,2,5-10,12H2,(H,20,25)(H,21,24)(H,22,23). The summed E-state index contributed by atoms with van der Waals surface area (Å²) in [6, 6.07) is 6.58. The lowest BCUT2D eigenvalue weighted by molar-refractivity contribution is -0.139. The Morgan fingerprint density at radius 2 is 1.96 bits per heavy atom. The highest BCUT2D eigenvalue weighted by Gasteiger charge is 2.36. The molecule has 1 aromatic carbocycles. The fourth-order valence-electron chi connectivity index (χ4n) is 3.46. The van der Waals surface area contributed by atoms with Crippen molar-refractivity contribution in [3.8, 4) is 0 Å². The molecule has 2 aliphatic heterocycles. The van der Waals surface area contributed by atoms with Crippen molar-refractivity contribution >= 4 is 23.5 Å². The second-order valence-corrected chi connectivity index (χ2v) is 6.99. The quantitative estimate of drug-likeness (QED) is 0.694. The van der Waals surface area contributed by atoms with Crippen LogP contribution in [0.1, 0.15) is 42.5 Å². The van der Waals surface area contributed by atoms with Gasteiger partial charge >= 0.3 is 5.97 Å². The number of amides is 2. The fourth-order valence-corrected chi connectivity index (χ4v) is 3.46. The molecule has 0 bridgehead atoms. The molecular formula is C19H24N2O6. The summed E-state index contributed by atoms with van der Waals surface area (Å²) in [6.07, 6.45) is 1.82. The van der Waals surface area contributed by atoms with Crippen LogP contribution in [0, 0.1) is 0 Å². The van der Waals surface area contributed by atoms with E-state index < -0.39 is 17.6 Å². The molecule has 146 valence electrons. The minimum Gasteiger partial charge on any atom is -0.481 e. The van der Waals surface area contributed by atoms with Gasteiger partial charge in [-0.3, -0.25) is 14.4 Å². The number of nitrogens with one attached hydrogen (secondary N) is 2. The van der Waals surface area contributed by atoms with Gasteiger partial charge in [-0.15, -0.1) is 0 Å². The molecule has 2 aliphatic rings. The molecule has 1 atom stereocenters. The number of ether oxygens (including phenoxy) is 2. The van der Waals surface area contributed by atoms with Crippen LogP contribution in [0.15, 0.2) is 24.3 Å². The van der Waals surface area contributed by atoms with E-state index in [-0.39, 0.29) is 18.2 Å². The van der Waals surface area contributed by atoms with E-state index >= 15 is 0 Å². The Bertz CT molecular complexity index is 708. The SMILES string of the molecule is O=C(O)CC1(NC(=O)c2cccc(NC(=O)C3CCCO3)c2)CCOCC1. The van der Waals surface area contributed by atoms with Crippen LogP contribution in [0.2, 0.25) is 0 Å². The first-order valence-electron chi connectivity index (χ1n) is 9.12. The van der Waals surface area contributed by atoms with E-state index in [0.29, 0.717) is 50.3 Å². The van der Waals surface area contributed by atoms with Gasteiger partial charge in [0.25, 0.3) is 11.8 Å². The first-order valence-corrected chi connectivity index (χ1v) is 9.12. The highest BCUT2D eigenvalue weighted by Crippen LogP contribution is 2.25. The van der Waals surface area contributed by atoms with Gasteiger partial charge in [0.15, 0.2) is 0 Å². The highest BCUT2D eigenvalue weighted by molar-refractivity contribution is 5.98. The molecule has 0 radical (unpaired) electrons. The summed E-state index contributed by atoms with van der Waals surface area (Å²) in [7, 11) is 0. The summed E-state index contributed by atoms with van der Waals surface area (Å²) in [5.41, 5.74) is 0.0387. The maximum Gasteiger partial charge on any atom is 0.305 e. The number of aliphatic carboxylic acids is 1. The predicted molar refractivity (Wildman–Crippen MR) is 96.5 cm³/mol. The van der Waals surface area contributed by atoms with E-state index in [1.165, 1.54) is 0 Å². The highest BCUT2D eigenvalue weighted by atomic mass is 16.5. The number of benzene rings is 1. The van der Waals surface area contributed by atoms with E-state index in [2.05, 4.69) is 10.6 Å². The second-order valence-electron chi connectivity index (χ2n) is 6.99. The summed E-state index contributed by atoms with van der Waals surface area (Å²) in [4.78, 5) is 36.1. The van der Waals surface area contributed by atoms with Crippen molar-refractivity contribution < 1.29 is 29.0 Å². The number of carboxylic acid groups (broad SMARTS) is 1. The zero-order chi connectivity index (χ0) is 19.3. The molecule has 2 saturated heterocycles. The zero-order valence-electron chi connectivity index (χ0n) is 15.0. The number of anilines is 1. The Morgan fingerprint density at radius 3 is 2.63 bits per heavy atom. The molecule has 0 aliphatic carbocycles. The molecule has 2 amide bonds. The third-order valence-corrected chi connectivity index (χ3v) is 4.93. The van der Waals surface area contributed by atoms with E-state index in [0.717, 1.165) is 6.42 Å². The van der Waals surface area contributed by atoms with Gasteiger partial charge in [-0.1, -0.05) is 6.07 Å². The number of rotatable bonds is 6. The Morgan fingerprint density at radius 1 is 1.19 bits per heavy atom. The molecule has 8 nitrogen and oxygen atoms in total. The molecule has 0 aromatic heterocycles. The van der Waals surface area contributed by atoms with Gasteiger partial charge in [-0.2, -0.15) is 0 Å². The molecule has 0 saturated carbocycles. The summed E-state index contributed by atoms with van der Waals surface area (Å²) >= 11 is 0. The van der Waals surface area contributed by atoms with Gasteiger partial charge in [-0.25, -0.2) is 0 Å². The van der Waals surface area contributed by atoms with Crippen molar-refractivity contribution in [2.75, 3.05) is 25.1 Å². The van der Waals surface area contributed by atoms with Crippen LogP contribution in [-0.2, 0) is 19.1 Å². The van der Waals surface area contributed by atoms with Crippen molar-refractivity contribution in [3.05, 3.63) is 29.8 Å². The molecule has 1 unspecified atom stereocenters. The average Bonchev–Trinajstić information content (AvgIpc) is 3.17. The Kier molecular flexibility index (Phi) is 6.08. The molecule has 0 spiro atoms. The minimum atomic E-state index is -0.963. The third-order valence-electron chi connectivity index (χ3n) is 4.93. The Hall–Kier alpha value is -2.45. The Balaban J connectivity index is 1.68. The predicted octanol–water partition coefficient (Wildman–Crippen LogP) is 1.56. The van der Waals surface area contributed by atoms with Crippen molar-refractivity contribution in [1.29, 1.82) is 0 Å². The van der Waals surface area contributed by atoms with Crippen molar-refractivity contribution in [1.82, 2.24) is 5.32 Å². The molecule has 3 N–H and O–H groups in total. The van der Waals surface area contributed by atoms with Crippen LogP contribution in [0.25, 0.3) is 0 Å². The van der Waals surface area contributed by atoms with Gasteiger partial charge < -0.3 is 25.2 Å². The van der Waals surface area contributed by atoms with Gasteiger partial charge in [0.2, 0.25) is 0 Å². The molecule has 2 heterocycles. The van der Waals surface area contributed by atoms with Gasteiger partial charge in [0.1, 0.15) is 6.10 Å². The largest absolute Gasteiger partial charge is 0.481 e. The van der Waals surface area contributed by atoms with Gasteiger partial charge in [0, 0.05) is 31.1 Å². The van der Waals surface area contributed by atoms with E-state index in [1.54, 1.807) is 24.3 Å². The minimum absolute atomic E-state index is 0.155. The van der Waals surface area contributed by atoms with Crippen LogP contribution in [0.3, 0.4) is 0 Å². The van der Waals surface area contributed by atoms with Crippen LogP contribution < -0.4 is 10.6 Å². The maximum absolute atomic E-state index is 12.7. The number of hydrogen-bond donors (Lipinski definition) is 3. The summed E-state index contributed by atoms with van der Waals surface area (Å²) in [5, 5.41) is 14.9. The molecule has 3 rings (SSSR count). The molecule has 2 fully saturated rings. The zero-order valence-corrected chi connectivity index (χ0v) is 15.0. The van der Waals surface area contributed by atoms with E-state index in [9.17, 15) is 19.5 Å². The normalized spacial score (nSPS) is 21.4. The van der Waals surface area contributed by atoms with E-state index in [4.69, 9.17) is 9.47 Å². The number of carbonyl (C=O) groups is 3. The summed E-state index contributed by atoms with van der Waals surface area (Å²) < 4.78 is 10.7. The van der Waals surface area contributed by atoms with Crippen LogP contribution in [0.5, 0.6) is 0 Å². The maximum atomic E-state index is 12.7. The third kappa shape index (κ3) is 5.05. The smallest absolute Gasteiger partial charge is 0.305 e. The monoisotopic (exact) mass is 376 g/mol. The second kappa shape index (κ2) is 8.49. The van der Waals surface area contributed by atoms with Crippen molar-refractivity contribution in [2.24, 2.45) is 0 Å². The van der Waals surface area contributed by atoms with Crippen LogP contribution >= 0.6 is 0 Å². The number of carbonyl (C=O) groups excluding carboxylic acids is 2. The fraction of sp³-hybridized carbons (Fsp3) is 0.526. The summed E-state index contributed by atoms with van der Waals surface area (Å²) in [5.74, 6) is -1.56. The number of hydrogen-bond acceptors (Lipinski definition) is 5. The molecular weight excluding hydrogens is 352 g/mol. The molecule has 8 heteroatoms. The molecule has 1 aromatic rings. The lowest BCUT2D eigenvalue weighted by atomic mass is 9.86. The van der Waals surface area contributed by atoms with E-state index in [1.807, 2.05) is 0 Å². The van der Waals surface area contributed by atoms with Crippen LogP contribution in [0.4, 0.5) is 5.69 Å². The molecule has 27 heavy (non-hydrogen) atoms. The lowest BCUT2D eigenvalue weighted by Crippen LogP contribution is -2.53. The van der Waals surface area contributed by atoms with Gasteiger partial charge in [0.05, 0.1) is 12.0 Å². The van der Waals surface area contributed by atoms with Gasteiger partial charge in [-0.05, 0) is 43.9 Å². The lowest BCUT2D eigenvalue weighted by Gasteiger charge is -2.36. The van der Waals surface area contributed by atoms with Crippen molar-refractivity contribution in [3.63, 3.8) is 0 Å². The first kappa shape index (κ1) is 19.3. The average molecular weight is 376 g/mol. The Labute approximate surface area is 157 Å². The van der Waals surface area contributed by atoms with Crippen molar-refractivity contribution in [2.45, 2.75) is 43.7 Å².